The number of hydrogen-bond donors (Lipinski definition) is 1. The van der Waals surface area contributed by atoms with E-state index in [-0.39, 0.29) is 5.91 Å². The Kier molecular flexibility index (Phi) is 6.17. The fraction of sp³-hybridized carbons (Fsp3) is 0.200. The number of nitrogens with one attached hydrogen (secondary N) is 1. The van der Waals surface area contributed by atoms with Gasteiger partial charge in [-0.1, -0.05) is 6.07 Å². The summed E-state index contributed by atoms with van der Waals surface area (Å²) in [4.78, 5) is 14.8. The first-order chi connectivity index (χ1) is 15.2. The van der Waals surface area contributed by atoms with Crippen LogP contribution in [0.25, 0.3) is 0 Å². The molecule has 0 radical (unpaired) electrons. The molecule has 0 bridgehead atoms. The van der Waals surface area contributed by atoms with Crippen molar-refractivity contribution in [1.82, 2.24) is 5.43 Å². The molecule has 1 aliphatic rings. The molecule has 0 saturated carbocycles. The van der Waals surface area contributed by atoms with Gasteiger partial charge in [0, 0.05) is 24.3 Å². The van der Waals surface area contributed by atoms with Gasteiger partial charge in [-0.3, -0.25) is 4.79 Å². The van der Waals surface area contributed by atoms with E-state index in [1.54, 1.807) is 13.3 Å². The molecule has 0 saturated heterocycles. The maximum atomic E-state index is 12.5. The summed E-state index contributed by atoms with van der Waals surface area (Å²) in [6.07, 6.45) is 1.61. The van der Waals surface area contributed by atoms with E-state index < -0.39 is 0 Å². The average molecular weight is 415 g/mol. The van der Waals surface area contributed by atoms with Gasteiger partial charge in [0.15, 0.2) is 0 Å². The average Bonchev–Trinajstić information content (AvgIpc) is 3.23. The zero-order valence-corrected chi connectivity index (χ0v) is 17.7. The molecule has 0 fully saturated rings. The lowest BCUT2D eigenvalue weighted by Gasteiger charge is -2.18. The van der Waals surface area contributed by atoms with Crippen molar-refractivity contribution in [2.45, 2.75) is 20.0 Å². The number of methoxy groups -OCH3 is 1. The lowest BCUT2D eigenvalue weighted by molar-refractivity contribution is 0.0955. The van der Waals surface area contributed by atoms with Crippen molar-refractivity contribution in [3.05, 3.63) is 89.0 Å². The van der Waals surface area contributed by atoms with Gasteiger partial charge in [-0.25, -0.2) is 5.43 Å². The van der Waals surface area contributed by atoms with Gasteiger partial charge < -0.3 is 14.4 Å². The molecule has 158 valence electrons. The molecular weight excluding hydrogens is 390 g/mol. The van der Waals surface area contributed by atoms with Crippen LogP contribution in [0, 0.1) is 0 Å². The van der Waals surface area contributed by atoms with Crippen molar-refractivity contribution in [1.29, 1.82) is 0 Å². The summed E-state index contributed by atoms with van der Waals surface area (Å²) in [6, 6.07) is 21.4. The molecule has 0 unspecified atom stereocenters. The fourth-order valence-electron chi connectivity index (χ4n) is 3.56. The van der Waals surface area contributed by atoms with Gasteiger partial charge in [-0.2, -0.15) is 5.10 Å². The third kappa shape index (κ3) is 4.86. The Hall–Kier alpha value is -3.80. The van der Waals surface area contributed by atoms with E-state index in [9.17, 15) is 4.79 Å². The Bertz CT molecular complexity index is 1080. The molecule has 0 aliphatic carbocycles. The van der Waals surface area contributed by atoms with E-state index in [0.717, 1.165) is 41.4 Å². The molecule has 0 spiro atoms. The second-order valence-corrected chi connectivity index (χ2v) is 7.24. The zero-order valence-electron chi connectivity index (χ0n) is 17.7. The lowest BCUT2D eigenvalue weighted by atomic mass is 10.1. The molecule has 1 heterocycles. The first-order valence-corrected chi connectivity index (χ1v) is 10.2. The van der Waals surface area contributed by atoms with Crippen LogP contribution in [0.2, 0.25) is 0 Å². The number of rotatable bonds is 7. The third-order valence-electron chi connectivity index (χ3n) is 5.20. The highest BCUT2D eigenvalue weighted by Crippen LogP contribution is 2.30. The summed E-state index contributed by atoms with van der Waals surface area (Å²) in [5, 5.41) is 4.07. The van der Waals surface area contributed by atoms with Crippen LogP contribution in [-0.2, 0) is 13.1 Å². The van der Waals surface area contributed by atoms with Crippen molar-refractivity contribution in [2.75, 3.05) is 18.6 Å². The second-order valence-electron chi connectivity index (χ2n) is 7.24. The predicted octanol–water partition coefficient (Wildman–Crippen LogP) is 4.38. The van der Waals surface area contributed by atoms with Crippen molar-refractivity contribution in [3.63, 3.8) is 0 Å². The normalized spacial score (nSPS) is 12.6. The third-order valence-corrected chi connectivity index (χ3v) is 5.20. The fourth-order valence-corrected chi connectivity index (χ4v) is 3.56. The molecule has 31 heavy (non-hydrogen) atoms. The number of nitrogens with zero attached hydrogens (tertiary/aromatic N) is 2. The Balaban J connectivity index is 1.38. The Morgan fingerprint density at radius 2 is 1.71 bits per heavy atom. The number of ether oxygens (including phenoxy) is 2. The summed E-state index contributed by atoms with van der Waals surface area (Å²) in [5.74, 6) is 1.42. The van der Waals surface area contributed by atoms with Crippen LogP contribution in [0.1, 0.15) is 34.0 Å². The summed E-state index contributed by atoms with van der Waals surface area (Å²) >= 11 is 0. The van der Waals surface area contributed by atoms with Gasteiger partial charge in [-0.05, 0) is 84.3 Å². The minimum Gasteiger partial charge on any atom is -0.497 e. The summed E-state index contributed by atoms with van der Waals surface area (Å²) in [5.41, 5.74) is 7.59. The Morgan fingerprint density at radius 3 is 2.42 bits per heavy atom. The SMILES string of the molecule is CCOc1ccc(N2Cc3ccc(C(=O)N/N=C\c4ccc(OC)cc4)cc3C2)cc1. The largest absolute Gasteiger partial charge is 0.497 e. The van der Waals surface area contributed by atoms with Crippen LogP contribution in [0.5, 0.6) is 11.5 Å². The molecule has 6 nitrogen and oxygen atoms in total. The first kappa shape index (κ1) is 20.5. The molecule has 6 heteroatoms. The lowest BCUT2D eigenvalue weighted by Crippen LogP contribution is -2.17. The molecule has 3 aromatic carbocycles. The number of anilines is 1. The quantitative estimate of drug-likeness (QED) is 0.460. The van der Waals surface area contributed by atoms with E-state index >= 15 is 0 Å². The number of amides is 1. The number of carbonyl (C=O) groups excluding carboxylic acids is 1. The zero-order chi connectivity index (χ0) is 21.6. The number of hydrazone groups is 1. The molecule has 0 atom stereocenters. The van der Waals surface area contributed by atoms with Crippen LogP contribution in [0.15, 0.2) is 71.8 Å². The smallest absolute Gasteiger partial charge is 0.271 e. The highest BCUT2D eigenvalue weighted by molar-refractivity contribution is 5.95. The number of hydrogen-bond acceptors (Lipinski definition) is 5. The monoisotopic (exact) mass is 415 g/mol. The van der Waals surface area contributed by atoms with E-state index in [1.807, 2.05) is 61.5 Å². The standard InChI is InChI=1S/C25H25N3O3/c1-3-31-24-12-8-22(9-13-24)28-16-20-7-6-19(14-21(20)17-28)25(29)27-26-15-18-4-10-23(30-2)11-5-18/h4-15H,3,16-17H2,1-2H3,(H,27,29)/b26-15-. The van der Waals surface area contributed by atoms with Crippen LogP contribution in [0.4, 0.5) is 5.69 Å². The highest BCUT2D eigenvalue weighted by Gasteiger charge is 2.20. The second kappa shape index (κ2) is 9.34. The Morgan fingerprint density at radius 1 is 1.00 bits per heavy atom. The molecule has 1 aliphatic heterocycles. The van der Waals surface area contributed by atoms with Crippen LogP contribution >= 0.6 is 0 Å². The van der Waals surface area contributed by atoms with Crippen molar-refractivity contribution >= 4 is 17.8 Å². The van der Waals surface area contributed by atoms with Gasteiger partial charge in [0.1, 0.15) is 11.5 Å². The predicted molar refractivity (Wildman–Crippen MR) is 122 cm³/mol. The molecule has 3 aromatic rings. The maximum Gasteiger partial charge on any atom is 0.271 e. The minimum atomic E-state index is -0.230. The van der Waals surface area contributed by atoms with E-state index in [2.05, 4.69) is 27.6 Å². The van der Waals surface area contributed by atoms with Gasteiger partial charge in [0.2, 0.25) is 0 Å². The van der Waals surface area contributed by atoms with Crippen molar-refractivity contribution in [2.24, 2.45) is 5.10 Å². The summed E-state index contributed by atoms with van der Waals surface area (Å²) in [7, 11) is 1.62. The van der Waals surface area contributed by atoms with Crippen molar-refractivity contribution < 1.29 is 14.3 Å². The van der Waals surface area contributed by atoms with Gasteiger partial charge >= 0.3 is 0 Å². The molecule has 4 rings (SSSR count). The summed E-state index contributed by atoms with van der Waals surface area (Å²) in [6.45, 7) is 4.22. The molecule has 1 amide bonds. The number of carbonyl (C=O) groups is 1. The molecular formula is C25H25N3O3. The van der Waals surface area contributed by atoms with Gasteiger partial charge in [0.25, 0.3) is 5.91 Å². The van der Waals surface area contributed by atoms with E-state index in [0.29, 0.717) is 12.2 Å². The molecule has 0 aromatic heterocycles. The van der Waals surface area contributed by atoms with Crippen LogP contribution in [0.3, 0.4) is 0 Å². The van der Waals surface area contributed by atoms with Crippen LogP contribution < -0.4 is 19.8 Å². The topological polar surface area (TPSA) is 63.2 Å². The number of benzene rings is 3. The van der Waals surface area contributed by atoms with Crippen molar-refractivity contribution in [3.8, 4) is 11.5 Å². The number of fused-ring (bicyclic) bond motifs is 1. The maximum absolute atomic E-state index is 12.5. The van der Waals surface area contributed by atoms with Crippen LogP contribution in [-0.4, -0.2) is 25.8 Å². The van der Waals surface area contributed by atoms with E-state index in [1.165, 1.54) is 5.56 Å². The van der Waals surface area contributed by atoms with E-state index in [4.69, 9.17) is 9.47 Å². The van der Waals surface area contributed by atoms with Gasteiger partial charge in [-0.15, -0.1) is 0 Å². The van der Waals surface area contributed by atoms with Gasteiger partial charge in [0.05, 0.1) is 19.9 Å². The summed E-state index contributed by atoms with van der Waals surface area (Å²) < 4.78 is 10.7. The first-order valence-electron chi connectivity index (χ1n) is 10.2. The highest BCUT2D eigenvalue weighted by atomic mass is 16.5. The molecule has 1 N–H and O–H groups in total. The Labute approximate surface area is 182 Å². The minimum absolute atomic E-state index is 0.230.